The van der Waals surface area contributed by atoms with Crippen LogP contribution in [0.2, 0.25) is 0 Å². The molecule has 0 aliphatic carbocycles. The fourth-order valence-corrected chi connectivity index (χ4v) is 16.5. The summed E-state index contributed by atoms with van der Waals surface area (Å²) in [6.45, 7) is -3.60. The Hall–Kier alpha value is -9.84. The normalized spacial score (nSPS) is 12.9. The first kappa shape index (κ1) is 114. The van der Waals surface area contributed by atoms with E-state index in [1.165, 1.54) is 92.4 Å². The molecule has 0 aliphatic heterocycles. The molecular weight excluding hydrogens is 1840 g/mol. The van der Waals surface area contributed by atoms with Gasteiger partial charge in [0.25, 0.3) is 10.1 Å². The van der Waals surface area contributed by atoms with Gasteiger partial charge in [-0.15, -0.1) is 0 Å². The number of ether oxygens (including phenoxy) is 8. The molecule has 0 amide bonds. The Kier molecular flexibility index (Phi) is 50.1. The summed E-state index contributed by atoms with van der Waals surface area (Å²) in [5.74, 6) is 4.48. The van der Waals surface area contributed by atoms with Crippen LogP contribution < -0.4 is 135 Å². The minimum Gasteiger partial charge on any atom is -0.744 e. The molecule has 0 fully saturated rings. The van der Waals surface area contributed by atoms with Crippen molar-refractivity contribution >= 4 is 63.2 Å². The van der Waals surface area contributed by atoms with Gasteiger partial charge in [-0.2, -0.15) is 8.42 Å². The summed E-state index contributed by atoms with van der Waals surface area (Å²) in [5.41, 5.74) is 0.281. The van der Waals surface area contributed by atoms with Gasteiger partial charge in [-0.3, -0.25) is 4.55 Å². The number of nitrogens with zero attached hydrogens (tertiary/aromatic N) is 4. The van der Waals surface area contributed by atoms with Gasteiger partial charge in [0.1, 0.15) is 134 Å². The second-order valence-corrected chi connectivity index (χ2v) is 34.5. The molecule has 8 unspecified atom stereocenters. The van der Waals surface area contributed by atoms with E-state index < -0.39 is 156 Å². The van der Waals surface area contributed by atoms with Gasteiger partial charge >= 0.3 is 78.0 Å². The van der Waals surface area contributed by atoms with Gasteiger partial charge in [-0.25, -0.2) is 25.3 Å². The summed E-state index contributed by atoms with van der Waals surface area (Å²) in [4.78, 5) is 4.25. The van der Waals surface area contributed by atoms with Crippen LogP contribution in [0.1, 0.15) is 0 Å². The van der Waals surface area contributed by atoms with E-state index in [1.807, 2.05) is 48.5 Å². The summed E-state index contributed by atoms with van der Waals surface area (Å²) < 4.78 is 188. The van der Waals surface area contributed by atoms with E-state index >= 15 is 0 Å². The fraction of sp³-hybridized carbons (Fsp3) is 0.250. The van der Waals surface area contributed by atoms with E-state index in [0.29, 0.717) is 46.0 Å². The first-order chi connectivity index (χ1) is 63.7. The van der Waals surface area contributed by atoms with Gasteiger partial charge in [0.05, 0.1) is 139 Å². The van der Waals surface area contributed by atoms with Crippen molar-refractivity contribution in [1.82, 2.24) is 0 Å². The maximum atomic E-state index is 12.1. The Morgan fingerprint density at radius 3 is 0.452 bits per heavy atom. The Balaban J connectivity index is 0.000000275. The van der Waals surface area contributed by atoms with Crippen LogP contribution in [-0.2, 0) is 40.5 Å². The smallest absolute Gasteiger partial charge is 0.744 e. The van der Waals surface area contributed by atoms with Crippen LogP contribution in [0.15, 0.2) is 359 Å². The minimum absolute atomic E-state index is 0. The number of anilines is 4. The molecule has 12 rings (SSSR count). The molecule has 0 spiro atoms. The molecule has 0 aromatic heterocycles. The number of para-hydroxylation sites is 12. The summed E-state index contributed by atoms with van der Waals surface area (Å²) in [6.07, 6.45) is 0. The van der Waals surface area contributed by atoms with Crippen LogP contribution >= 0.6 is 0 Å². The molecule has 135 heavy (non-hydrogen) atoms. The monoisotopic (exact) mass is 1940 g/mol. The molecule has 9 N–H and O–H groups in total. The molecule has 32 nitrogen and oxygen atoms in total. The average molecular weight is 1940 g/mol. The summed E-state index contributed by atoms with van der Waals surface area (Å²) in [7, 11) is -19.1. The summed E-state index contributed by atoms with van der Waals surface area (Å²) >= 11 is 0. The second-order valence-electron chi connectivity index (χ2n) is 29.0. The molecule has 12 aromatic carbocycles. The van der Waals surface area contributed by atoms with E-state index in [-0.39, 0.29) is 158 Å². The molecule has 0 bridgehead atoms. The zero-order valence-corrected chi connectivity index (χ0v) is 81.7. The van der Waals surface area contributed by atoms with Crippen molar-refractivity contribution in [2.45, 2.75) is 67.9 Å². The molecular formula is C96H105LiN4Na2O28S4. The predicted molar refractivity (Wildman–Crippen MR) is 492 cm³/mol. The summed E-state index contributed by atoms with van der Waals surface area (Å²) in [6, 6.07) is 88.1. The molecule has 0 radical (unpaired) electrons. The van der Waals surface area contributed by atoms with Gasteiger partial charge in [-0.1, -0.05) is 194 Å². The van der Waals surface area contributed by atoms with Crippen molar-refractivity contribution < 1.29 is 209 Å². The van der Waals surface area contributed by atoms with Crippen LogP contribution in [-0.4, -0.2) is 247 Å². The van der Waals surface area contributed by atoms with Gasteiger partial charge in [0.2, 0.25) is 0 Å². The third-order valence-electron chi connectivity index (χ3n) is 20.0. The van der Waals surface area contributed by atoms with Crippen molar-refractivity contribution in [3.63, 3.8) is 0 Å². The fourth-order valence-electron chi connectivity index (χ4n) is 13.7. The molecule has 12 aromatic rings. The van der Waals surface area contributed by atoms with Crippen LogP contribution in [0.3, 0.4) is 0 Å². The van der Waals surface area contributed by atoms with E-state index in [1.54, 1.807) is 218 Å². The largest absolute Gasteiger partial charge is 1.00 e. The Bertz CT molecular complexity index is 4910. The SMILES string of the molecule is O=S(=O)(O)c1ccccc1N(C(CO)COc1ccccc1)C(CO)COc1ccccc1.O=S(=O)([O-])c1ccccc1N(C(CO)COc1ccccc1)C(CO)COc1ccccc1.O=S(=O)([O-])c1ccccc1N(C(CO)COc1ccccc1)C(CO)COc1ccccc1.O=S(=O)([O-])c1ccccc1N(C(CO)COc1ccccc1)C(CO)COc1ccccc1.[Li+].[Na+].[Na+]. The van der Waals surface area contributed by atoms with Crippen LogP contribution in [0, 0.1) is 0 Å². The zero-order valence-electron chi connectivity index (χ0n) is 74.5. The molecule has 8 atom stereocenters. The molecule has 39 heteroatoms. The van der Waals surface area contributed by atoms with Crippen molar-refractivity contribution in [2.75, 3.05) is 125 Å². The topological polar surface area (TPSA) is 475 Å². The summed E-state index contributed by atoms with van der Waals surface area (Å²) in [5, 5.41) is 81.5. The first-order valence-electron chi connectivity index (χ1n) is 41.4. The minimum atomic E-state index is -4.83. The van der Waals surface area contributed by atoms with Crippen molar-refractivity contribution in [3.8, 4) is 46.0 Å². The van der Waals surface area contributed by atoms with Gasteiger partial charge in [0, 0.05) is 0 Å². The maximum Gasteiger partial charge on any atom is 1.00 e. The second kappa shape index (κ2) is 59.3. The van der Waals surface area contributed by atoms with E-state index in [9.17, 15) is 92.7 Å². The van der Waals surface area contributed by atoms with Crippen LogP contribution in [0.25, 0.3) is 0 Å². The number of hydrogen-bond donors (Lipinski definition) is 9. The van der Waals surface area contributed by atoms with E-state index in [2.05, 4.69) is 0 Å². The molecule has 704 valence electrons. The number of benzene rings is 12. The van der Waals surface area contributed by atoms with Gasteiger partial charge < -0.3 is 112 Å². The van der Waals surface area contributed by atoms with E-state index in [0.717, 1.165) is 0 Å². The molecule has 0 heterocycles. The number of aliphatic hydroxyl groups is 8. The van der Waals surface area contributed by atoms with E-state index in [4.69, 9.17) is 37.9 Å². The number of rotatable bonds is 48. The Labute approximate surface area is 843 Å². The molecule has 0 aliphatic rings. The van der Waals surface area contributed by atoms with Gasteiger partial charge in [-0.05, 0) is 146 Å². The average Bonchev–Trinajstić information content (AvgIpc) is 0.803. The number of aliphatic hydroxyl groups excluding tert-OH is 8. The van der Waals surface area contributed by atoms with Crippen molar-refractivity contribution in [1.29, 1.82) is 0 Å². The van der Waals surface area contributed by atoms with Crippen LogP contribution in [0.5, 0.6) is 46.0 Å². The van der Waals surface area contributed by atoms with Crippen molar-refractivity contribution in [3.05, 3.63) is 340 Å². The van der Waals surface area contributed by atoms with Gasteiger partial charge in [0.15, 0.2) is 0 Å². The number of hydrogen-bond acceptors (Lipinski definition) is 31. The first-order valence-corrected chi connectivity index (χ1v) is 47.1. The molecule has 0 saturated heterocycles. The van der Waals surface area contributed by atoms with Crippen molar-refractivity contribution in [2.24, 2.45) is 0 Å². The Morgan fingerprint density at radius 1 is 0.207 bits per heavy atom. The zero-order chi connectivity index (χ0) is 94.7. The quantitative estimate of drug-likeness (QED) is 0.0185. The third-order valence-corrected chi connectivity index (χ3v) is 23.5. The standard InChI is InChI=1S/4C24H27NO7S.Li.2Na/c4*26-15-19(17-31-21-9-3-1-4-10-21)25(23-13-7-8-14-24(23)33(28,29)30)20(16-27)18-32-22-11-5-2-6-12-22;;;/h4*1-14,19-20,26-27H,15-18H2,(H,28,29,30);;;/q;;;;3*+1/p-3. The Morgan fingerprint density at radius 2 is 0.326 bits per heavy atom. The molecule has 0 saturated carbocycles. The predicted octanol–water partition coefficient (Wildman–Crippen LogP) is 0.462. The third kappa shape index (κ3) is 36.2. The van der Waals surface area contributed by atoms with Crippen LogP contribution in [0.4, 0.5) is 22.7 Å². The maximum absolute atomic E-state index is 12.1.